The van der Waals surface area contributed by atoms with E-state index in [0.717, 1.165) is 0 Å². The molecule has 9 nitrogen and oxygen atoms in total. The van der Waals surface area contributed by atoms with E-state index in [0.29, 0.717) is 45.1 Å². The molecule has 0 saturated heterocycles. The maximum absolute atomic E-state index is 13.1. The molecule has 0 saturated carbocycles. The van der Waals surface area contributed by atoms with Crippen molar-refractivity contribution in [2.75, 3.05) is 6.54 Å². The predicted octanol–water partition coefficient (Wildman–Crippen LogP) is 1.15. The number of nitrogens with two attached hydrogens (primary N) is 2. The number of nitrogens with one attached hydrogen (secondary N) is 3. The second kappa shape index (κ2) is 16.6. The first-order valence-corrected chi connectivity index (χ1v) is 12.2. The molecule has 0 bridgehead atoms. The third kappa shape index (κ3) is 14.0. The molecule has 0 aliphatic rings. The van der Waals surface area contributed by atoms with Gasteiger partial charge >= 0.3 is 0 Å². The standard InChI is InChI=1S/C24H46N5O4/c1-15(2)11-18(14-30)27-23(32)20(9-7-8-10-25)28-24(33)21(13-17(5)6)29-22(31)19(26)12-16(3)4/h15-21H,7-13,25-26H2,1-6H3,(H,27,32)(H,28,33)(H,29,31)/t18-,19-,20-,21-/m0/s1. The number of hydrogen-bond donors (Lipinski definition) is 5. The van der Waals surface area contributed by atoms with Gasteiger partial charge in [-0.1, -0.05) is 41.5 Å². The Hall–Kier alpha value is -2.00. The molecular weight excluding hydrogens is 422 g/mol. The molecular formula is C24H46N5O4. The molecule has 0 aromatic heterocycles. The van der Waals surface area contributed by atoms with Gasteiger partial charge in [-0.2, -0.15) is 0 Å². The maximum atomic E-state index is 13.1. The zero-order chi connectivity index (χ0) is 25.6. The van der Waals surface area contributed by atoms with Crippen LogP contribution in [0.5, 0.6) is 0 Å². The summed E-state index contributed by atoms with van der Waals surface area (Å²) in [7, 11) is 0. The van der Waals surface area contributed by atoms with Crippen LogP contribution in [0.3, 0.4) is 0 Å². The van der Waals surface area contributed by atoms with Gasteiger partial charge in [-0.05, 0) is 62.8 Å². The Morgan fingerprint density at radius 3 is 1.73 bits per heavy atom. The van der Waals surface area contributed by atoms with E-state index in [-0.39, 0.29) is 23.7 Å². The Morgan fingerprint density at radius 2 is 1.24 bits per heavy atom. The highest BCUT2D eigenvalue weighted by Gasteiger charge is 2.29. The average molecular weight is 469 g/mol. The summed E-state index contributed by atoms with van der Waals surface area (Å²) in [5.41, 5.74) is 11.6. The van der Waals surface area contributed by atoms with Crippen LogP contribution in [0.25, 0.3) is 0 Å². The zero-order valence-electron chi connectivity index (χ0n) is 21.3. The highest BCUT2D eigenvalue weighted by atomic mass is 16.2. The van der Waals surface area contributed by atoms with Gasteiger partial charge < -0.3 is 27.4 Å². The van der Waals surface area contributed by atoms with Crippen molar-refractivity contribution >= 4 is 24.0 Å². The minimum absolute atomic E-state index is 0.131. The van der Waals surface area contributed by atoms with Gasteiger partial charge in [-0.25, -0.2) is 0 Å². The van der Waals surface area contributed by atoms with Crippen molar-refractivity contribution < 1.29 is 19.2 Å². The summed E-state index contributed by atoms with van der Waals surface area (Å²) in [4.78, 5) is 49.8. The van der Waals surface area contributed by atoms with Crippen LogP contribution in [0.1, 0.15) is 80.1 Å². The molecule has 0 fully saturated rings. The van der Waals surface area contributed by atoms with E-state index in [9.17, 15) is 19.2 Å². The summed E-state index contributed by atoms with van der Waals surface area (Å²) >= 11 is 0. The number of rotatable bonds is 17. The number of carbonyl (C=O) groups is 3. The second-order valence-corrected chi connectivity index (χ2v) is 10.1. The van der Waals surface area contributed by atoms with Crippen molar-refractivity contribution in [1.82, 2.24) is 16.0 Å². The van der Waals surface area contributed by atoms with Crippen molar-refractivity contribution in [3.63, 3.8) is 0 Å². The van der Waals surface area contributed by atoms with Crippen LogP contribution in [0.15, 0.2) is 0 Å². The summed E-state index contributed by atoms with van der Waals surface area (Å²) in [5.74, 6) is -0.708. The lowest BCUT2D eigenvalue weighted by atomic mass is 9.99. The highest BCUT2D eigenvalue weighted by molar-refractivity contribution is 5.93. The smallest absolute Gasteiger partial charge is 0.243 e. The second-order valence-electron chi connectivity index (χ2n) is 10.1. The largest absolute Gasteiger partial charge is 0.344 e. The van der Waals surface area contributed by atoms with Gasteiger partial charge in [0.15, 0.2) is 0 Å². The molecule has 0 aromatic carbocycles. The summed E-state index contributed by atoms with van der Waals surface area (Å²) in [6.45, 7) is 12.2. The quantitative estimate of drug-likeness (QED) is 0.202. The van der Waals surface area contributed by atoms with Crippen molar-refractivity contribution in [2.45, 2.75) is 104 Å². The number of unbranched alkanes of at least 4 members (excludes halogenated alkanes) is 1. The molecule has 0 aliphatic carbocycles. The van der Waals surface area contributed by atoms with Gasteiger partial charge in [0.2, 0.25) is 24.0 Å². The Kier molecular flexibility index (Phi) is 15.6. The van der Waals surface area contributed by atoms with Crippen LogP contribution in [0, 0.1) is 17.8 Å². The molecule has 0 spiro atoms. The topological polar surface area (TPSA) is 156 Å². The lowest BCUT2D eigenvalue weighted by Crippen LogP contribution is -2.57. The fourth-order valence-corrected chi connectivity index (χ4v) is 3.51. The van der Waals surface area contributed by atoms with E-state index in [1.54, 1.807) is 0 Å². The summed E-state index contributed by atoms with van der Waals surface area (Å²) in [5, 5.41) is 8.20. The zero-order valence-corrected chi connectivity index (χ0v) is 21.3. The predicted molar refractivity (Wildman–Crippen MR) is 131 cm³/mol. The molecule has 3 amide bonds. The Balaban J connectivity index is 5.41. The van der Waals surface area contributed by atoms with Gasteiger partial charge in [-0.15, -0.1) is 0 Å². The van der Waals surface area contributed by atoms with E-state index in [1.165, 1.54) is 0 Å². The fourth-order valence-electron chi connectivity index (χ4n) is 3.51. The number of carbonyl (C=O) groups excluding carboxylic acids is 4. The monoisotopic (exact) mass is 468 g/mol. The van der Waals surface area contributed by atoms with Crippen LogP contribution >= 0.6 is 0 Å². The van der Waals surface area contributed by atoms with Crippen molar-refractivity contribution in [3.05, 3.63) is 0 Å². The molecule has 0 rings (SSSR count). The van der Waals surface area contributed by atoms with E-state index >= 15 is 0 Å². The van der Waals surface area contributed by atoms with E-state index in [2.05, 4.69) is 16.0 Å². The average Bonchev–Trinajstić information content (AvgIpc) is 2.70. The van der Waals surface area contributed by atoms with Gasteiger partial charge in [0.05, 0.1) is 12.1 Å². The van der Waals surface area contributed by atoms with Crippen LogP contribution < -0.4 is 27.4 Å². The number of hydrogen-bond acceptors (Lipinski definition) is 6. The highest BCUT2D eigenvalue weighted by Crippen LogP contribution is 2.10. The van der Waals surface area contributed by atoms with Crippen LogP contribution in [0.4, 0.5) is 0 Å². The minimum Gasteiger partial charge on any atom is -0.344 e. The first kappa shape index (κ1) is 31.0. The molecule has 0 aromatic rings. The fraction of sp³-hybridized carbons (Fsp3) is 0.833. The van der Waals surface area contributed by atoms with Crippen molar-refractivity contribution in [3.8, 4) is 0 Å². The molecule has 191 valence electrons. The Morgan fingerprint density at radius 1 is 0.727 bits per heavy atom. The molecule has 4 atom stereocenters. The van der Waals surface area contributed by atoms with Crippen molar-refractivity contribution in [1.29, 1.82) is 0 Å². The van der Waals surface area contributed by atoms with Crippen LogP contribution in [-0.4, -0.2) is 54.7 Å². The lowest BCUT2D eigenvalue weighted by Gasteiger charge is -2.26. The Bertz CT molecular complexity index is 610. The summed E-state index contributed by atoms with van der Waals surface area (Å²) in [6.07, 6.45) is 4.93. The number of amides is 3. The molecule has 1 radical (unpaired) electrons. The van der Waals surface area contributed by atoms with Crippen molar-refractivity contribution in [2.24, 2.45) is 29.2 Å². The van der Waals surface area contributed by atoms with Crippen LogP contribution in [0.2, 0.25) is 0 Å². The van der Waals surface area contributed by atoms with Gasteiger partial charge in [0.1, 0.15) is 12.1 Å². The first-order chi connectivity index (χ1) is 15.4. The summed E-state index contributed by atoms with van der Waals surface area (Å²) < 4.78 is 0. The maximum Gasteiger partial charge on any atom is 0.243 e. The normalized spacial score (nSPS) is 15.1. The van der Waals surface area contributed by atoms with Crippen LogP contribution in [-0.2, 0) is 19.2 Å². The third-order valence-electron chi connectivity index (χ3n) is 5.15. The third-order valence-corrected chi connectivity index (χ3v) is 5.15. The lowest BCUT2D eigenvalue weighted by molar-refractivity contribution is -0.133. The van der Waals surface area contributed by atoms with Gasteiger partial charge in [-0.3, -0.25) is 19.2 Å². The molecule has 33 heavy (non-hydrogen) atoms. The molecule has 0 heterocycles. The Labute approximate surface area is 199 Å². The summed E-state index contributed by atoms with van der Waals surface area (Å²) in [6, 6.07) is -3.12. The molecule has 0 aliphatic heterocycles. The van der Waals surface area contributed by atoms with E-state index in [1.807, 2.05) is 47.8 Å². The van der Waals surface area contributed by atoms with Gasteiger partial charge in [0.25, 0.3) is 0 Å². The van der Waals surface area contributed by atoms with E-state index in [4.69, 9.17) is 11.5 Å². The SMILES string of the molecule is CC(C)C[C@@H]([C]=O)NC(=O)[C@H](CCCCN)NC(=O)[C@H](CC(C)C)NC(=O)[C@@H](N)CC(C)C. The molecule has 0 unspecified atom stereocenters. The van der Waals surface area contributed by atoms with Gasteiger partial charge in [0, 0.05) is 0 Å². The van der Waals surface area contributed by atoms with E-state index < -0.39 is 36.0 Å². The molecule has 7 N–H and O–H groups in total. The molecule has 9 heteroatoms. The minimum atomic E-state index is -0.844. The first-order valence-electron chi connectivity index (χ1n) is 12.2.